The molecule has 4 heteroatoms. The summed E-state index contributed by atoms with van der Waals surface area (Å²) < 4.78 is 5.13. The predicted molar refractivity (Wildman–Crippen MR) is 65.8 cm³/mol. The third-order valence-electron chi connectivity index (χ3n) is 2.45. The molecule has 0 saturated carbocycles. The average molecular weight is 223 g/mol. The SMILES string of the molecule is COC[C@@H](C)CN(C)c1nc(C)cnc1C. The lowest BCUT2D eigenvalue weighted by Gasteiger charge is -2.23. The van der Waals surface area contributed by atoms with Crippen LogP contribution in [0.5, 0.6) is 0 Å². The number of hydrogen-bond acceptors (Lipinski definition) is 4. The maximum absolute atomic E-state index is 5.13. The molecule has 1 rings (SSSR count). The van der Waals surface area contributed by atoms with Gasteiger partial charge in [0.05, 0.1) is 18.0 Å². The van der Waals surface area contributed by atoms with Crippen molar-refractivity contribution in [3.8, 4) is 0 Å². The van der Waals surface area contributed by atoms with E-state index in [1.54, 1.807) is 13.3 Å². The first kappa shape index (κ1) is 12.9. The Morgan fingerprint density at radius 2 is 2.12 bits per heavy atom. The smallest absolute Gasteiger partial charge is 0.150 e. The molecule has 0 N–H and O–H groups in total. The maximum atomic E-state index is 5.13. The van der Waals surface area contributed by atoms with Crippen LogP contribution in [0.3, 0.4) is 0 Å². The third-order valence-corrected chi connectivity index (χ3v) is 2.45. The molecule has 0 aliphatic heterocycles. The Kier molecular flexibility index (Phi) is 4.68. The zero-order chi connectivity index (χ0) is 12.1. The summed E-state index contributed by atoms with van der Waals surface area (Å²) >= 11 is 0. The van der Waals surface area contributed by atoms with Crippen LogP contribution in [0.15, 0.2) is 6.20 Å². The van der Waals surface area contributed by atoms with Gasteiger partial charge < -0.3 is 9.64 Å². The van der Waals surface area contributed by atoms with Crippen LogP contribution in [0, 0.1) is 19.8 Å². The van der Waals surface area contributed by atoms with E-state index in [0.717, 1.165) is 30.4 Å². The quantitative estimate of drug-likeness (QED) is 0.763. The molecule has 90 valence electrons. The number of ether oxygens (including phenoxy) is 1. The summed E-state index contributed by atoms with van der Waals surface area (Å²) in [5.41, 5.74) is 1.92. The lowest BCUT2D eigenvalue weighted by molar-refractivity contribution is 0.162. The Labute approximate surface area is 97.7 Å². The minimum Gasteiger partial charge on any atom is -0.384 e. The maximum Gasteiger partial charge on any atom is 0.150 e. The molecule has 1 aromatic heterocycles. The predicted octanol–water partition coefficient (Wildman–Crippen LogP) is 1.81. The molecule has 4 nitrogen and oxygen atoms in total. The van der Waals surface area contributed by atoms with E-state index < -0.39 is 0 Å². The second-order valence-corrected chi connectivity index (χ2v) is 4.36. The van der Waals surface area contributed by atoms with Gasteiger partial charge in [-0.15, -0.1) is 0 Å². The standard InChI is InChI=1S/C12H21N3O/c1-9(8-16-5)7-15(4)12-11(3)13-6-10(2)14-12/h6,9H,7-8H2,1-5H3/t9-/m0/s1. The fourth-order valence-corrected chi connectivity index (χ4v) is 1.78. The topological polar surface area (TPSA) is 38.2 Å². The second-order valence-electron chi connectivity index (χ2n) is 4.36. The number of methoxy groups -OCH3 is 1. The third kappa shape index (κ3) is 3.45. The molecule has 1 aromatic rings. The van der Waals surface area contributed by atoms with E-state index in [9.17, 15) is 0 Å². The first-order valence-corrected chi connectivity index (χ1v) is 5.55. The summed E-state index contributed by atoms with van der Waals surface area (Å²) in [5.74, 6) is 1.44. The van der Waals surface area contributed by atoms with Crippen LogP contribution in [-0.2, 0) is 4.74 Å². The summed E-state index contributed by atoms with van der Waals surface area (Å²) in [6.07, 6.45) is 1.80. The molecule has 0 radical (unpaired) electrons. The summed E-state index contributed by atoms with van der Waals surface area (Å²) in [6.45, 7) is 7.80. The molecule has 0 unspecified atom stereocenters. The molecule has 0 amide bonds. The van der Waals surface area contributed by atoms with Crippen LogP contribution in [0.1, 0.15) is 18.3 Å². The largest absolute Gasteiger partial charge is 0.384 e. The number of rotatable bonds is 5. The van der Waals surface area contributed by atoms with Crippen LogP contribution in [0.4, 0.5) is 5.82 Å². The van der Waals surface area contributed by atoms with Crippen LogP contribution in [0.2, 0.25) is 0 Å². The van der Waals surface area contributed by atoms with Gasteiger partial charge in [0.15, 0.2) is 0 Å². The summed E-state index contributed by atoms with van der Waals surface area (Å²) in [6, 6.07) is 0. The molecule has 0 fully saturated rings. The van der Waals surface area contributed by atoms with Gasteiger partial charge in [-0.1, -0.05) is 6.92 Å². The van der Waals surface area contributed by atoms with Gasteiger partial charge in [0.2, 0.25) is 0 Å². The summed E-state index contributed by atoms with van der Waals surface area (Å²) in [5, 5.41) is 0. The number of nitrogens with zero attached hydrogens (tertiary/aromatic N) is 3. The normalized spacial score (nSPS) is 12.6. The molecule has 1 atom stereocenters. The zero-order valence-electron chi connectivity index (χ0n) is 10.8. The van der Waals surface area contributed by atoms with Gasteiger partial charge >= 0.3 is 0 Å². The fraction of sp³-hybridized carbons (Fsp3) is 0.667. The summed E-state index contributed by atoms with van der Waals surface area (Å²) in [4.78, 5) is 11.0. The minimum atomic E-state index is 0.483. The van der Waals surface area contributed by atoms with Gasteiger partial charge in [0.1, 0.15) is 5.82 Å². The molecule has 0 spiro atoms. The van der Waals surface area contributed by atoms with Gasteiger partial charge in [-0.05, 0) is 19.8 Å². The van der Waals surface area contributed by atoms with Gasteiger partial charge in [0, 0.05) is 26.9 Å². The van der Waals surface area contributed by atoms with Crippen LogP contribution >= 0.6 is 0 Å². The number of aromatic nitrogens is 2. The van der Waals surface area contributed by atoms with Gasteiger partial charge in [-0.3, -0.25) is 4.98 Å². The van der Waals surface area contributed by atoms with Gasteiger partial charge in [0.25, 0.3) is 0 Å². The van der Waals surface area contributed by atoms with Crippen LogP contribution in [0.25, 0.3) is 0 Å². The average Bonchev–Trinajstić information content (AvgIpc) is 2.21. The number of hydrogen-bond donors (Lipinski definition) is 0. The highest BCUT2D eigenvalue weighted by Crippen LogP contribution is 2.14. The first-order valence-electron chi connectivity index (χ1n) is 5.55. The van der Waals surface area contributed by atoms with Crippen molar-refractivity contribution in [2.24, 2.45) is 5.92 Å². The lowest BCUT2D eigenvalue weighted by Crippen LogP contribution is -2.28. The molecule has 0 bridgehead atoms. The molecule has 0 aliphatic carbocycles. The zero-order valence-corrected chi connectivity index (χ0v) is 10.8. The Balaban J connectivity index is 2.72. The Bertz CT molecular complexity index is 341. The van der Waals surface area contributed by atoms with Crippen molar-refractivity contribution in [3.63, 3.8) is 0 Å². The minimum absolute atomic E-state index is 0.483. The molecule has 0 aliphatic rings. The van der Waals surface area contributed by atoms with Crippen molar-refractivity contribution in [2.75, 3.05) is 32.2 Å². The van der Waals surface area contributed by atoms with Crippen LogP contribution < -0.4 is 4.90 Å². The highest BCUT2D eigenvalue weighted by molar-refractivity contribution is 5.42. The van der Waals surface area contributed by atoms with E-state index in [-0.39, 0.29) is 0 Å². The van der Waals surface area contributed by atoms with Crippen molar-refractivity contribution in [1.82, 2.24) is 9.97 Å². The van der Waals surface area contributed by atoms with E-state index in [2.05, 4.69) is 21.8 Å². The van der Waals surface area contributed by atoms with Crippen molar-refractivity contribution < 1.29 is 4.74 Å². The van der Waals surface area contributed by atoms with Crippen molar-refractivity contribution in [1.29, 1.82) is 0 Å². The number of anilines is 1. The van der Waals surface area contributed by atoms with Crippen molar-refractivity contribution in [3.05, 3.63) is 17.6 Å². The Morgan fingerprint density at radius 1 is 1.44 bits per heavy atom. The fourth-order valence-electron chi connectivity index (χ4n) is 1.78. The van der Waals surface area contributed by atoms with E-state index in [4.69, 9.17) is 4.74 Å². The molecular weight excluding hydrogens is 202 g/mol. The van der Waals surface area contributed by atoms with E-state index >= 15 is 0 Å². The molecule has 16 heavy (non-hydrogen) atoms. The molecule has 0 saturated heterocycles. The number of aryl methyl sites for hydroxylation is 2. The van der Waals surface area contributed by atoms with E-state index in [1.165, 1.54) is 0 Å². The molecular formula is C12H21N3O. The van der Waals surface area contributed by atoms with Gasteiger partial charge in [-0.2, -0.15) is 0 Å². The Morgan fingerprint density at radius 3 is 2.75 bits per heavy atom. The molecule has 0 aromatic carbocycles. The Hall–Kier alpha value is -1.16. The monoisotopic (exact) mass is 223 g/mol. The summed E-state index contributed by atoms with van der Waals surface area (Å²) in [7, 11) is 3.77. The van der Waals surface area contributed by atoms with E-state index in [0.29, 0.717) is 5.92 Å². The lowest BCUT2D eigenvalue weighted by atomic mass is 10.2. The highest BCUT2D eigenvalue weighted by atomic mass is 16.5. The van der Waals surface area contributed by atoms with Crippen molar-refractivity contribution >= 4 is 5.82 Å². The van der Waals surface area contributed by atoms with Crippen molar-refractivity contribution in [2.45, 2.75) is 20.8 Å². The van der Waals surface area contributed by atoms with E-state index in [1.807, 2.05) is 20.9 Å². The molecule has 1 heterocycles. The highest BCUT2D eigenvalue weighted by Gasteiger charge is 2.11. The van der Waals surface area contributed by atoms with Gasteiger partial charge in [-0.25, -0.2) is 4.98 Å². The second kappa shape index (κ2) is 5.80. The van der Waals surface area contributed by atoms with Crippen LogP contribution in [-0.4, -0.2) is 37.3 Å². The first-order chi connectivity index (χ1) is 7.54.